The Morgan fingerprint density at radius 2 is 2.06 bits per heavy atom. The van der Waals surface area contributed by atoms with E-state index in [4.69, 9.17) is 14.7 Å². The molecule has 8 atom stereocenters. The average molecular weight is 287 g/mol. The predicted octanol–water partition coefficient (Wildman–Crippen LogP) is -2.00. The number of aliphatic hydroxyl groups excluding tert-OH is 3. The molecule has 2 fully saturated rings. The number of alkyl halides is 1. The molecule has 7 unspecified atom stereocenters. The molecule has 2 aliphatic rings. The highest BCUT2D eigenvalue weighted by Crippen LogP contribution is 2.55. The summed E-state index contributed by atoms with van der Waals surface area (Å²) in [4.78, 5) is 8.53. The second kappa shape index (κ2) is 4.69. The first-order valence-corrected chi connectivity index (χ1v) is 6.30. The van der Waals surface area contributed by atoms with E-state index in [2.05, 4.69) is 4.52 Å². The van der Waals surface area contributed by atoms with Gasteiger partial charge in [-0.25, -0.2) is 4.39 Å². The summed E-state index contributed by atoms with van der Waals surface area (Å²) in [5.74, 6) is -5.04. The van der Waals surface area contributed by atoms with Crippen molar-refractivity contribution in [1.29, 1.82) is 0 Å². The monoisotopic (exact) mass is 287 g/mol. The third kappa shape index (κ3) is 1.87. The summed E-state index contributed by atoms with van der Waals surface area (Å²) in [5.41, 5.74) is 0. The predicted molar refractivity (Wildman–Crippen MR) is 51.7 cm³/mol. The lowest BCUT2D eigenvalue weighted by Crippen LogP contribution is -2.64. The van der Waals surface area contributed by atoms with Gasteiger partial charge < -0.3 is 25.2 Å². The zero-order valence-corrected chi connectivity index (χ0v) is 9.85. The van der Waals surface area contributed by atoms with Gasteiger partial charge in [-0.1, -0.05) is 4.52 Å². The highest BCUT2D eigenvalue weighted by molar-refractivity contribution is 7.32. The number of halogens is 1. The summed E-state index contributed by atoms with van der Waals surface area (Å²) < 4.78 is 33.0. The Hall–Kier alpha value is -0.250. The molecule has 0 aromatic heterocycles. The molecule has 1 heterocycles. The lowest BCUT2D eigenvalue weighted by molar-refractivity contribution is -0.424. The molecule has 1 saturated carbocycles. The Morgan fingerprint density at radius 1 is 1.44 bits per heavy atom. The van der Waals surface area contributed by atoms with Gasteiger partial charge in [0, 0.05) is 4.57 Å². The molecule has 0 radical (unpaired) electrons. The van der Waals surface area contributed by atoms with Crippen molar-refractivity contribution in [3.05, 3.63) is 0 Å². The van der Waals surface area contributed by atoms with Gasteiger partial charge in [0.1, 0.15) is 6.17 Å². The Balaban J connectivity index is 2.19. The van der Waals surface area contributed by atoms with E-state index in [-0.39, 0.29) is 0 Å². The standard InChI is InChI=1S/C8H12FO8P/c9-2(1-10)3-5(11)6(12)4-7(17-18(14)15)16-8(3,4)13/h2-7,10-13H,1H2/p+1/t2-,3?,4?,5?,6?,7?,8?/m0/s1. The second-order valence-corrected chi connectivity index (χ2v) is 5.00. The van der Waals surface area contributed by atoms with Gasteiger partial charge in [0.05, 0.1) is 30.7 Å². The van der Waals surface area contributed by atoms with Crippen LogP contribution >= 0.6 is 8.25 Å². The van der Waals surface area contributed by atoms with Gasteiger partial charge in [0.25, 0.3) is 0 Å². The molecule has 0 spiro atoms. The van der Waals surface area contributed by atoms with Crippen molar-refractivity contribution in [2.45, 2.75) is 30.5 Å². The van der Waals surface area contributed by atoms with E-state index in [9.17, 15) is 24.3 Å². The molecule has 0 bridgehead atoms. The maximum atomic E-state index is 13.4. The average Bonchev–Trinajstić information content (AvgIpc) is 2.40. The summed E-state index contributed by atoms with van der Waals surface area (Å²) in [5, 5.41) is 38.0. The van der Waals surface area contributed by atoms with Gasteiger partial charge >= 0.3 is 8.25 Å². The van der Waals surface area contributed by atoms with E-state index in [0.717, 1.165) is 0 Å². The summed E-state index contributed by atoms with van der Waals surface area (Å²) in [6.07, 6.45) is -6.68. The van der Waals surface area contributed by atoms with E-state index in [0.29, 0.717) is 0 Å². The molecule has 0 amide bonds. The molecule has 0 aromatic rings. The van der Waals surface area contributed by atoms with Crippen LogP contribution in [-0.2, 0) is 13.8 Å². The third-order valence-electron chi connectivity index (χ3n) is 3.40. The van der Waals surface area contributed by atoms with Crippen LogP contribution in [0.3, 0.4) is 0 Å². The molecule has 2 rings (SSSR count). The van der Waals surface area contributed by atoms with Crippen molar-refractivity contribution in [1.82, 2.24) is 0 Å². The Morgan fingerprint density at radius 3 is 2.56 bits per heavy atom. The zero-order chi connectivity index (χ0) is 13.7. The SMILES string of the molecule is O=[P+](O)OC1OC2(O)C1C(O)C(O)C2[C@@H](F)CO. The first kappa shape index (κ1) is 14.2. The van der Waals surface area contributed by atoms with Crippen molar-refractivity contribution in [2.24, 2.45) is 11.8 Å². The summed E-state index contributed by atoms with van der Waals surface area (Å²) >= 11 is 0. The lowest BCUT2D eigenvalue weighted by atomic mass is 9.87. The first-order chi connectivity index (χ1) is 8.32. The minimum atomic E-state index is -3.03. The normalized spacial score (nSPS) is 49.4. The molecule has 5 N–H and O–H groups in total. The quantitative estimate of drug-likeness (QED) is 0.374. The van der Waals surface area contributed by atoms with Gasteiger partial charge in [0.15, 0.2) is 5.79 Å². The van der Waals surface area contributed by atoms with Gasteiger partial charge in [-0.05, 0) is 0 Å². The lowest BCUT2D eigenvalue weighted by Gasteiger charge is -2.47. The van der Waals surface area contributed by atoms with Crippen LogP contribution in [0.15, 0.2) is 0 Å². The van der Waals surface area contributed by atoms with Gasteiger partial charge in [0.2, 0.25) is 6.29 Å². The van der Waals surface area contributed by atoms with Crippen molar-refractivity contribution >= 4 is 8.25 Å². The number of hydrogen-bond acceptors (Lipinski definition) is 7. The molecule has 18 heavy (non-hydrogen) atoms. The van der Waals surface area contributed by atoms with Crippen molar-refractivity contribution in [2.75, 3.05) is 6.61 Å². The minimum Gasteiger partial charge on any atom is -0.393 e. The van der Waals surface area contributed by atoms with Crippen LogP contribution in [0.25, 0.3) is 0 Å². The molecular weight excluding hydrogens is 274 g/mol. The Bertz CT molecular complexity index is 356. The van der Waals surface area contributed by atoms with Crippen LogP contribution in [0.1, 0.15) is 0 Å². The highest BCUT2D eigenvalue weighted by Gasteiger charge is 2.74. The van der Waals surface area contributed by atoms with Gasteiger partial charge in [-0.3, -0.25) is 0 Å². The fourth-order valence-corrected chi connectivity index (χ4v) is 2.95. The molecule has 1 saturated heterocycles. The van der Waals surface area contributed by atoms with E-state index in [1.807, 2.05) is 0 Å². The number of hydrogen-bond donors (Lipinski definition) is 5. The topological polar surface area (TPSA) is 137 Å². The van der Waals surface area contributed by atoms with E-state index in [1.54, 1.807) is 0 Å². The largest absolute Gasteiger partial charge is 0.697 e. The maximum Gasteiger partial charge on any atom is 0.697 e. The van der Waals surface area contributed by atoms with Crippen LogP contribution < -0.4 is 0 Å². The van der Waals surface area contributed by atoms with Gasteiger partial charge in [-0.2, -0.15) is 0 Å². The third-order valence-corrected chi connectivity index (χ3v) is 3.79. The molecular formula is C8H13FO8P+. The van der Waals surface area contributed by atoms with E-state index >= 15 is 0 Å². The zero-order valence-electron chi connectivity index (χ0n) is 8.96. The number of fused-ring (bicyclic) bond motifs is 1. The molecule has 8 nitrogen and oxygen atoms in total. The van der Waals surface area contributed by atoms with Crippen molar-refractivity contribution < 1.29 is 43.5 Å². The van der Waals surface area contributed by atoms with Crippen molar-refractivity contribution in [3.8, 4) is 0 Å². The van der Waals surface area contributed by atoms with Crippen LogP contribution in [0.2, 0.25) is 0 Å². The van der Waals surface area contributed by atoms with Crippen LogP contribution in [-0.4, -0.2) is 62.4 Å². The fourth-order valence-electron chi connectivity index (χ4n) is 2.60. The van der Waals surface area contributed by atoms with E-state index in [1.165, 1.54) is 0 Å². The van der Waals surface area contributed by atoms with Gasteiger partial charge in [-0.15, -0.1) is 4.89 Å². The number of aliphatic hydroxyl groups is 4. The highest BCUT2D eigenvalue weighted by atomic mass is 31.1. The Kier molecular flexibility index (Phi) is 3.69. The molecule has 1 aliphatic heterocycles. The fraction of sp³-hybridized carbons (Fsp3) is 1.00. The molecule has 1 aliphatic carbocycles. The maximum absolute atomic E-state index is 13.4. The van der Waals surface area contributed by atoms with Crippen LogP contribution in [0.4, 0.5) is 4.39 Å². The Labute approximate surface area is 102 Å². The van der Waals surface area contributed by atoms with E-state index < -0.39 is 57.2 Å². The van der Waals surface area contributed by atoms with Crippen molar-refractivity contribution in [3.63, 3.8) is 0 Å². The van der Waals surface area contributed by atoms with Crippen LogP contribution in [0.5, 0.6) is 0 Å². The first-order valence-electron chi connectivity index (χ1n) is 5.17. The van der Waals surface area contributed by atoms with Crippen LogP contribution in [0, 0.1) is 11.8 Å². The summed E-state index contributed by atoms with van der Waals surface area (Å²) in [6, 6.07) is 0. The summed E-state index contributed by atoms with van der Waals surface area (Å²) in [6.45, 7) is -0.966. The minimum absolute atomic E-state index is 0.966. The smallest absolute Gasteiger partial charge is 0.393 e. The molecule has 104 valence electrons. The second-order valence-electron chi connectivity index (χ2n) is 4.31. The molecule has 0 aromatic carbocycles. The molecule has 10 heteroatoms. The summed E-state index contributed by atoms with van der Waals surface area (Å²) in [7, 11) is -3.03. The number of rotatable bonds is 4. The number of ether oxygens (including phenoxy) is 1.